The molecule has 2 rings (SSSR count). The minimum atomic E-state index is -0.273. The van der Waals surface area contributed by atoms with Crippen LogP contribution in [-0.4, -0.2) is 16.7 Å². The van der Waals surface area contributed by atoms with Crippen LogP contribution in [0.3, 0.4) is 0 Å². The first-order valence-corrected chi connectivity index (χ1v) is 5.51. The molecule has 2 N–H and O–H groups in total. The van der Waals surface area contributed by atoms with E-state index in [0.717, 1.165) is 22.7 Å². The number of hydrogen-bond acceptors (Lipinski definition) is 3. The number of rotatable bonds is 3. The van der Waals surface area contributed by atoms with Crippen LogP contribution in [0.4, 0.5) is 0 Å². The van der Waals surface area contributed by atoms with Gasteiger partial charge >= 0.3 is 0 Å². The zero-order valence-corrected chi connectivity index (χ0v) is 10.3. The summed E-state index contributed by atoms with van der Waals surface area (Å²) < 4.78 is 7.29. The molecule has 0 aliphatic rings. The Morgan fingerprint density at radius 3 is 2.76 bits per heavy atom. The van der Waals surface area contributed by atoms with Crippen molar-refractivity contribution in [3.8, 4) is 5.75 Å². The van der Waals surface area contributed by atoms with Crippen LogP contribution in [0.25, 0.3) is 0 Å². The lowest BCUT2D eigenvalue weighted by molar-refractivity contribution is 0.406. The summed E-state index contributed by atoms with van der Waals surface area (Å²) in [5.41, 5.74) is 8.33. The van der Waals surface area contributed by atoms with Crippen LogP contribution in [0.5, 0.6) is 5.75 Å². The van der Waals surface area contributed by atoms with Crippen LogP contribution >= 0.6 is 0 Å². The third kappa shape index (κ3) is 2.17. The first-order chi connectivity index (χ1) is 8.13. The molecule has 0 saturated carbocycles. The standard InChI is InChI=1S/C13H17N3O/c1-9-4-5-10(11(8-9)17-3)12(14)13-15-6-7-16(13)2/h4-8,12H,14H2,1-3H3. The maximum atomic E-state index is 6.22. The normalized spacial score (nSPS) is 12.5. The molecule has 0 bridgehead atoms. The van der Waals surface area contributed by atoms with Gasteiger partial charge in [-0.05, 0) is 18.6 Å². The molecule has 0 aliphatic heterocycles. The number of nitrogens with zero attached hydrogens (tertiary/aromatic N) is 2. The van der Waals surface area contributed by atoms with E-state index >= 15 is 0 Å². The van der Waals surface area contributed by atoms with Crippen molar-refractivity contribution in [1.29, 1.82) is 0 Å². The van der Waals surface area contributed by atoms with Gasteiger partial charge in [-0.2, -0.15) is 0 Å². The summed E-state index contributed by atoms with van der Waals surface area (Å²) >= 11 is 0. The van der Waals surface area contributed by atoms with E-state index in [1.165, 1.54) is 0 Å². The van der Waals surface area contributed by atoms with E-state index in [1.807, 2.05) is 42.9 Å². The molecule has 1 aromatic heterocycles. The molecule has 1 aromatic carbocycles. The van der Waals surface area contributed by atoms with Gasteiger partial charge in [0, 0.05) is 25.0 Å². The molecule has 1 unspecified atom stereocenters. The van der Waals surface area contributed by atoms with Crippen LogP contribution in [0.15, 0.2) is 30.6 Å². The maximum Gasteiger partial charge on any atom is 0.130 e. The minimum absolute atomic E-state index is 0.273. The SMILES string of the molecule is COc1cc(C)ccc1C(N)c1nccn1C. The third-order valence-corrected chi connectivity index (χ3v) is 2.86. The Labute approximate surface area is 101 Å². The Hall–Kier alpha value is -1.81. The Kier molecular flexibility index (Phi) is 3.15. The van der Waals surface area contributed by atoms with Crippen molar-refractivity contribution >= 4 is 0 Å². The molecular weight excluding hydrogens is 214 g/mol. The quantitative estimate of drug-likeness (QED) is 0.876. The number of hydrogen-bond donors (Lipinski definition) is 1. The summed E-state index contributed by atoms with van der Waals surface area (Å²) in [6.45, 7) is 2.03. The van der Waals surface area contributed by atoms with Gasteiger partial charge in [-0.1, -0.05) is 12.1 Å². The number of ether oxygens (including phenoxy) is 1. The van der Waals surface area contributed by atoms with Crippen molar-refractivity contribution in [3.63, 3.8) is 0 Å². The third-order valence-electron chi connectivity index (χ3n) is 2.86. The number of benzene rings is 1. The fraction of sp³-hybridized carbons (Fsp3) is 0.308. The predicted molar refractivity (Wildman–Crippen MR) is 67.0 cm³/mol. The van der Waals surface area contributed by atoms with Crippen LogP contribution in [0.2, 0.25) is 0 Å². The summed E-state index contributed by atoms with van der Waals surface area (Å²) in [4.78, 5) is 4.27. The molecule has 17 heavy (non-hydrogen) atoms. The zero-order valence-electron chi connectivity index (χ0n) is 10.3. The zero-order chi connectivity index (χ0) is 12.4. The predicted octanol–water partition coefficient (Wildman–Crippen LogP) is 1.79. The molecule has 4 heteroatoms. The smallest absolute Gasteiger partial charge is 0.130 e. The van der Waals surface area contributed by atoms with Crippen molar-refractivity contribution in [1.82, 2.24) is 9.55 Å². The van der Waals surface area contributed by atoms with E-state index in [-0.39, 0.29) is 6.04 Å². The highest BCUT2D eigenvalue weighted by atomic mass is 16.5. The van der Waals surface area contributed by atoms with Gasteiger partial charge in [0.05, 0.1) is 13.2 Å². The van der Waals surface area contributed by atoms with Gasteiger partial charge in [-0.3, -0.25) is 0 Å². The van der Waals surface area contributed by atoms with E-state index in [2.05, 4.69) is 4.98 Å². The number of aryl methyl sites for hydroxylation is 2. The number of aromatic nitrogens is 2. The molecule has 0 saturated heterocycles. The second-order valence-electron chi connectivity index (χ2n) is 4.12. The molecule has 2 aromatic rings. The van der Waals surface area contributed by atoms with Crippen molar-refractivity contribution in [3.05, 3.63) is 47.5 Å². The Bertz CT molecular complexity index is 519. The average molecular weight is 231 g/mol. The molecule has 0 radical (unpaired) electrons. The molecule has 0 amide bonds. The van der Waals surface area contributed by atoms with Gasteiger partial charge in [0.25, 0.3) is 0 Å². The number of imidazole rings is 1. The summed E-state index contributed by atoms with van der Waals surface area (Å²) in [6, 6.07) is 5.73. The van der Waals surface area contributed by atoms with Crippen molar-refractivity contribution in [2.75, 3.05) is 7.11 Å². The largest absolute Gasteiger partial charge is 0.496 e. The van der Waals surface area contributed by atoms with E-state index in [0.29, 0.717) is 0 Å². The molecule has 0 fully saturated rings. The average Bonchev–Trinajstić information content (AvgIpc) is 2.74. The second kappa shape index (κ2) is 4.59. The van der Waals surface area contributed by atoms with Crippen LogP contribution < -0.4 is 10.5 Å². The first-order valence-electron chi connectivity index (χ1n) is 5.51. The highest BCUT2D eigenvalue weighted by Gasteiger charge is 2.17. The minimum Gasteiger partial charge on any atom is -0.496 e. The highest BCUT2D eigenvalue weighted by molar-refractivity contribution is 5.41. The molecule has 0 spiro atoms. The molecule has 0 aliphatic carbocycles. The summed E-state index contributed by atoms with van der Waals surface area (Å²) in [5.74, 6) is 1.63. The topological polar surface area (TPSA) is 53.1 Å². The summed E-state index contributed by atoms with van der Waals surface area (Å²) in [5, 5.41) is 0. The molecule has 4 nitrogen and oxygen atoms in total. The lowest BCUT2D eigenvalue weighted by Crippen LogP contribution is -2.17. The Balaban J connectivity index is 2.44. The lowest BCUT2D eigenvalue weighted by atomic mass is 10.0. The van der Waals surface area contributed by atoms with Crippen LogP contribution in [0, 0.1) is 6.92 Å². The van der Waals surface area contributed by atoms with E-state index in [4.69, 9.17) is 10.5 Å². The van der Waals surface area contributed by atoms with Gasteiger partial charge in [0.1, 0.15) is 11.6 Å². The number of nitrogens with two attached hydrogens (primary N) is 1. The van der Waals surface area contributed by atoms with Crippen molar-refractivity contribution in [2.45, 2.75) is 13.0 Å². The Morgan fingerprint density at radius 1 is 1.41 bits per heavy atom. The van der Waals surface area contributed by atoms with Gasteiger partial charge < -0.3 is 15.0 Å². The van der Waals surface area contributed by atoms with E-state index < -0.39 is 0 Å². The molecule has 1 atom stereocenters. The maximum absolute atomic E-state index is 6.22. The summed E-state index contributed by atoms with van der Waals surface area (Å²) in [6.07, 6.45) is 3.63. The highest BCUT2D eigenvalue weighted by Crippen LogP contribution is 2.28. The van der Waals surface area contributed by atoms with Crippen molar-refractivity contribution < 1.29 is 4.74 Å². The van der Waals surface area contributed by atoms with Gasteiger partial charge in [0.2, 0.25) is 0 Å². The van der Waals surface area contributed by atoms with Crippen molar-refractivity contribution in [2.24, 2.45) is 12.8 Å². The number of methoxy groups -OCH3 is 1. The summed E-state index contributed by atoms with van der Waals surface area (Å²) in [7, 11) is 3.59. The first kappa shape index (κ1) is 11.7. The fourth-order valence-corrected chi connectivity index (χ4v) is 1.89. The van der Waals surface area contributed by atoms with Crippen LogP contribution in [0.1, 0.15) is 23.0 Å². The molecular formula is C13H17N3O. The van der Waals surface area contributed by atoms with E-state index in [9.17, 15) is 0 Å². The molecule has 90 valence electrons. The van der Waals surface area contributed by atoms with Crippen LogP contribution in [-0.2, 0) is 7.05 Å². The van der Waals surface area contributed by atoms with Gasteiger partial charge in [-0.25, -0.2) is 4.98 Å². The lowest BCUT2D eigenvalue weighted by Gasteiger charge is -2.16. The van der Waals surface area contributed by atoms with Gasteiger partial charge in [-0.15, -0.1) is 0 Å². The Morgan fingerprint density at radius 2 is 2.18 bits per heavy atom. The second-order valence-corrected chi connectivity index (χ2v) is 4.12. The molecule has 1 heterocycles. The fourth-order valence-electron chi connectivity index (χ4n) is 1.89. The van der Waals surface area contributed by atoms with Gasteiger partial charge in [0.15, 0.2) is 0 Å². The monoisotopic (exact) mass is 231 g/mol. The van der Waals surface area contributed by atoms with E-state index in [1.54, 1.807) is 13.3 Å².